The van der Waals surface area contributed by atoms with Crippen molar-refractivity contribution in [3.63, 3.8) is 0 Å². The van der Waals surface area contributed by atoms with Crippen molar-refractivity contribution in [2.75, 3.05) is 36.9 Å². The Morgan fingerprint density at radius 3 is 2.78 bits per heavy atom. The summed E-state index contributed by atoms with van der Waals surface area (Å²) >= 11 is 6.39. The molecule has 0 bridgehead atoms. The number of anilines is 2. The standard InChI is InChI=1S/C22H29ClN6O3/c1-13-5-15(6-14(2)32-13)8-26-21-12-25-10-18(28-21)16-7-20(27-9-17(16)23)29-22(30)19-11-24-3-4-31-19/h7,9-10,12-15,19,24H,3-6,8,11H2,1-2H3,(H,26,28)(H,27,29,30)/t13-,14+,15?,19-/m1/s1. The average molecular weight is 461 g/mol. The Morgan fingerprint density at radius 2 is 2.03 bits per heavy atom. The van der Waals surface area contributed by atoms with Crippen LogP contribution >= 0.6 is 11.6 Å². The number of amides is 1. The van der Waals surface area contributed by atoms with E-state index >= 15 is 0 Å². The molecule has 2 aromatic rings. The number of nitrogens with zero attached hydrogens (tertiary/aromatic N) is 3. The summed E-state index contributed by atoms with van der Waals surface area (Å²) in [7, 11) is 0. The Morgan fingerprint density at radius 1 is 1.22 bits per heavy atom. The van der Waals surface area contributed by atoms with Gasteiger partial charge in [-0.2, -0.15) is 0 Å². The van der Waals surface area contributed by atoms with Crippen LogP contribution in [0.5, 0.6) is 0 Å². The first kappa shape index (κ1) is 22.8. The maximum atomic E-state index is 12.4. The predicted molar refractivity (Wildman–Crippen MR) is 123 cm³/mol. The molecule has 0 aliphatic carbocycles. The fourth-order valence-electron chi connectivity index (χ4n) is 4.18. The number of nitrogens with one attached hydrogen (secondary N) is 3. The van der Waals surface area contributed by atoms with Crippen LogP contribution in [0.4, 0.5) is 11.6 Å². The Bertz CT molecular complexity index is 930. The molecule has 3 N–H and O–H groups in total. The summed E-state index contributed by atoms with van der Waals surface area (Å²) < 4.78 is 11.3. The maximum Gasteiger partial charge on any atom is 0.255 e. The molecule has 0 spiro atoms. The molecule has 9 nitrogen and oxygen atoms in total. The van der Waals surface area contributed by atoms with E-state index in [-0.39, 0.29) is 18.1 Å². The predicted octanol–water partition coefficient (Wildman–Crippen LogP) is 2.73. The topological polar surface area (TPSA) is 110 Å². The van der Waals surface area contributed by atoms with Gasteiger partial charge in [-0.1, -0.05) is 11.6 Å². The average Bonchev–Trinajstić information content (AvgIpc) is 2.79. The molecular weight excluding hydrogens is 432 g/mol. The van der Waals surface area contributed by atoms with Gasteiger partial charge in [-0.15, -0.1) is 0 Å². The lowest BCUT2D eigenvalue weighted by Gasteiger charge is -2.32. The monoisotopic (exact) mass is 460 g/mol. The highest BCUT2D eigenvalue weighted by molar-refractivity contribution is 6.33. The normalized spacial score (nSPS) is 25.8. The van der Waals surface area contributed by atoms with Crippen LogP contribution in [0.15, 0.2) is 24.7 Å². The summed E-state index contributed by atoms with van der Waals surface area (Å²) in [5.41, 5.74) is 1.24. The van der Waals surface area contributed by atoms with E-state index in [9.17, 15) is 4.79 Å². The van der Waals surface area contributed by atoms with Crippen molar-refractivity contribution in [2.24, 2.45) is 5.92 Å². The van der Waals surface area contributed by atoms with Crippen molar-refractivity contribution in [1.82, 2.24) is 20.3 Å². The van der Waals surface area contributed by atoms with Crippen molar-refractivity contribution in [3.8, 4) is 11.3 Å². The smallest absolute Gasteiger partial charge is 0.255 e. The second-order valence-corrected chi connectivity index (χ2v) is 8.77. The molecule has 2 aromatic heterocycles. The highest BCUT2D eigenvalue weighted by Gasteiger charge is 2.25. The van der Waals surface area contributed by atoms with Gasteiger partial charge in [-0.05, 0) is 38.7 Å². The first-order valence-corrected chi connectivity index (χ1v) is 11.4. The van der Waals surface area contributed by atoms with Gasteiger partial charge in [-0.25, -0.2) is 9.97 Å². The van der Waals surface area contributed by atoms with Gasteiger partial charge in [0.25, 0.3) is 5.91 Å². The van der Waals surface area contributed by atoms with Gasteiger partial charge in [0.15, 0.2) is 0 Å². The summed E-state index contributed by atoms with van der Waals surface area (Å²) in [4.78, 5) is 25.6. The molecule has 2 saturated heterocycles. The number of pyridine rings is 1. The van der Waals surface area contributed by atoms with Gasteiger partial charge < -0.3 is 25.4 Å². The zero-order valence-corrected chi connectivity index (χ0v) is 19.1. The lowest BCUT2D eigenvalue weighted by molar-refractivity contribution is -0.128. The Kier molecular flexibility index (Phi) is 7.51. The van der Waals surface area contributed by atoms with Crippen LogP contribution < -0.4 is 16.0 Å². The van der Waals surface area contributed by atoms with Gasteiger partial charge >= 0.3 is 0 Å². The molecule has 0 radical (unpaired) electrons. The van der Waals surface area contributed by atoms with Gasteiger partial charge in [0, 0.05) is 31.4 Å². The van der Waals surface area contributed by atoms with Crippen molar-refractivity contribution in [3.05, 3.63) is 29.7 Å². The van der Waals surface area contributed by atoms with Crippen LogP contribution in [0.3, 0.4) is 0 Å². The molecule has 4 heterocycles. The van der Waals surface area contributed by atoms with Crippen LogP contribution in [0.2, 0.25) is 5.02 Å². The Labute approximate surface area is 192 Å². The quantitative estimate of drug-likeness (QED) is 0.603. The summed E-state index contributed by atoms with van der Waals surface area (Å²) in [5.74, 6) is 1.32. The Hall–Kier alpha value is -2.33. The van der Waals surface area contributed by atoms with Crippen molar-refractivity contribution >= 4 is 29.1 Å². The number of carbonyl (C=O) groups excluding carboxylic acids is 1. The summed E-state index contributed by atoms with van der Waals surface area (Å²) in [6, 6.07) is 1.70. The largest absolute Gasteiger partial charge is 0.376 e. The van der Waals surface area contributed by atoms with Crippen LogP contribution in [0.1, 0.15) is 26.7 Å². The van der Waals surface area contributed by atoms with E-state index in [2.05, 4.69) is 44.7 Å². The van der Waals surface area contributed by atoms with Crippen LogP contribution in [0.25, 0.3) is 11.3 Å². The number of morpholine rings is 1. The molecule has 2 fully saturated rings. The zero-order chi connectivity index (χ0) is 22.5. The minimum absolute atomic E-state index is 0.251. The molecule has 32 heavy (non-hydrogen) atoms. The minimum atomic E-state index is -0.548. The van der Waals surface area contributed by atoms with E-state index in [1.54, 1.807) is 18.5 Å². The lowest BCUT2D eigenvalue weighted by Crippen LogP contribution is -2.45. The molecule has 172 valence electrons. The van der Waals surface area contributed by atoms with E-state index in [1.165, 1.54) is 6.20 Å². The van der Waals surface area contributed by atoms with E-state index in [0.717, 1.165) is 25.9 Å². The molecule has 2 aliphatic rings. The Balaban J connectivity index is 1.43. The van der Waals surface area contributed by atoms with E-state index in [0.29, 0.717) is 47.0 Å². The highest BCUT2D eigenvalue weighted by atomic mass is 35.5. The summed E-state index contributed by atoms with van der Waals surface area (Å²) in [5, 5.41) is 9.75. The van der Waals surface area contributed by atoms with Crippen LogP contribution in [-0.2, 0) is 14.3 Å². The summed E-state index contributed by atoms with van der Waals surface area (Å²) in [6.45, 7) is 6.73. The van der Waals surface area contributed by atoms with Gasteiger partial charge in [0.2, 0.25) is 0 Å². The van der Waals surface area contributed by atoms with Crippen LogP contribution in [0, 0.1) is 5.92 Å². The first-order valence-electron chi connectivity index (χ1n) is 11.0. The van der Waals surface area contributed by atoms with Crippen LogP contribution in [-0.4, -0.2) is 65.4 Å². The fraction of sp³-hybridized carbons (Fsp3) is 0.545. The second kappa shape index (κ2) is 10.5. The third kappa shape index (κ3) is 5.92. The molecule has 4 atom stereocenters. The molecular formula is C22H29ClN6O3. The summed E-state index contributed by atoms with van der Waals surface area (Å²) in [6.07, 6.45) is 6.86. The molecule has 1 unspecified atom stereocenters. The molecule has 10 heteroatoms. The number of aromatic nitrogens is 3. The van der Waals surface area contributed by atoms with Gasteiger partial charge in [0.05, 0.1) is 41.9 Å². The second-order valence-electron chi connectivity index (χ2n) is 8.37. The SMILES string of the molecule is C[C@@H]1CC(CNc2cncc(-c3cc(NC(=O)[C@H]4CNCCO4)ncc3Cl)n2)C[C@H](C)O1. The fourth-order valence-corrected chi connectivity index (χ4v) is 4.38. The molecule has 0 saturated carbocycles. The number of rotatable bonds is 6. The number of hydrogen-bond donors (Lipinski definition) is 3. The highest BCUT2D eigenvalue weighted by Crippen LogP contribution is 2.29. The van der Waals surface area contributed by atoms with Gasteiger partial charge in [-0.3, -0.25) is 9.78 Å². The first-order chi connectivity index (χ1) is 15.5. The van der Waals surface area contributed by atoms with E-state index in [4.69, 9.17) is 21.1 Å². The molecule has 1 amide bonds. The number of ether oxygens (including phenoxy) is 2. The van der Waals surface area contributed by atoms with E-state index in [1.807, 2.05) is 0 Å². The zero-order valence-electron chi connectivity index (χ0n) is 18.3. The van der Waals surface area contributed by atoms with Crippen molar-refractivity contribution < 1.29 is 14.3 Å². The van der Waals surface area contributed by atoms with Crippen molar-refractivity contribution in [2.45, 2.75) is 45.0 Å². The third-order valence-electron chi connectivity index (χ3n) is 5.60. The molecule has 2 aliphatic heterocycles. The lowest BCUT2D eigenvalue weighted by atomic mass is 9.92. The van der Waals surface area contributed by atoms with E-state index < -0.39 is 6.10 Å². The number of carbonyl (C=O) groups is 1. The number of hydrogen-bond acceptors (Lipinski definition) is 8. The minimum Gasteiger partial charge on any atom is -0.376 e. The molecule has 4 rings (SSSR count). The maximum absolute atomic E-state index is 12.4. The van der Waals surface area contributed by atoms with Gasteiger partial charge in [0.1, 0.15) is 17.7 Å². The van der Waals surface area contributed by atoms with Crippen molar-refractivity contribution in [1.29, 1.82) is 0 Å². The number of halogens is 1. The third-order valence-corrected chi connectivity index (χ3v) is 5.91. The molecule has 0 aromatic carbocycles.